The predicted octanol–water partition coefficient (Wildman–Crippen LogP) is 2.18. The Labute approximate surface area is 177 Å². The fourth-order valence-electron chi connectivity index (χ4n) is 4.93. The molecular weight excluding hydrogens is 386 g/mol. The van der Waals surface area contributed by atoms with Crippen molar-refractivity contribution >= 4 is 11.7 Å². The molecule has 1 aliphatic carbocycles. The summed E-state index contributed by atoms with van der Waals surface area (Å²) in [5.41, 5.74) is 0.204. The van der Waals surface area contributed by atoms with Gasteiger partial charge in [0.05, 0.1) is 6.04 Å². The van der Waals surface area contributed by atoms with E-state index in [4.69, 9.17) is 14.2 Å². The minimum atomic E-state index is -1.15. The summed E-state index contributed by atoms with van der Waals surface area (Å²) in [5, 5.41) is 13.2. The van der Waals surface area contributed by atoms with Crippen LogP contribution in [0, 0.1) is 5.92 Å². The molecule has 4 rings (SSSR count). The van der Waals surface area contributed by atoms with Crippen LogP contribution in [0.2, 0.25) is 0 Å². The van der Waals surface area contributed by atoms with Gasteiger partial charge in [-0.15, -0.1) is 0 Å². The average molecular weight is 420 g/mol. The second kappa shape index (κ2) is 8.54. The lowest BCUT2D eigenvalue weighted by Crippen LogP contribution is -2.49. The van der Waals surface area contributed by atoms with Crippen molar-refractivity contribution in [1.29, 1.82) is 0 Å². The van der Waals surface area contributed by atoms with E-state index in [2.05, 4.69) is 25.2 Å². The molecule has 0 aromatic heterocycles. The van der Waals surface area contributed by atoms with E-state index in [0.717, 1.165) is 12.0 Å². The number of aliphatic hydroxyl groups excluding tert-OH is 1. The van der Waals surface area contributed by atoms with Crippen LogP contribution in [0.15, 0.2) is 23.8 Å². The van der Waals surface area contributed by atoms with E-state index in [-0.39, 0.29) is 23.9 Å². The van der Waals surface area contributed by atoms with Gasteiger partial charge in [-0.2, -0.15) is 0 Å². The van der Waals surface area contributed by atoms with Crippen LogP contribution in [-0.2, 0) is 23.8 Å². The van der Waals surface area contributed by atoms with E-state index in [1.54, 1.807) is 6.08 Å². The van der Waals surface area contributed by atoms with E-state index >= 15 is 0 Å². The highest BCUT2D eigenvalue weighted by Crippen LogP contribution is 2.57. The molecular formula is C23H33NO6. The molecule has 4 fully saturated rings. The van der Waals surface area contributed by atoms with Crippen molar-refractivity contribution in [2.24, 2.45) is 5.92 Å². The molecule has 0 aromatic rings. The van der Waals surface area contributed by atoms with Crippen molar-refractivity contribution in [2.75, 3.05) is 0 Å². The number of aliphatic hydroxyl groups is 1. The first-order chi connectivity index (χ1) is 14.4. The molecule has 30 heavy (non-hydrogen) atoms. The number of epoxide rings is 2. The zero-order chi connectivity index (χ0) is 21.5. The topological polar surface area (TPSA) is 101 Å². The summed E-state index contributed by atoms with van der Waals surface area (Å²) in [4.78, 5) is 24.3. The number of hydrogen-bond donors (Lipinski definition) is 2. The molecule has 3 aliphatic heterocycles. The number of ketones is 1. The molecule has 1 saturated carbocycles. The largest absolute Gasteiger partial charge is 0.366 e. The lowest BCUT2D eigenvalue weighted by molar-refractivity contribution is -0.159. The number of fused-ring (bicyclic) bond motifs is 4. The number of Topliss-reactive ketones (excluding diaryl/α,β-unsaturated/α-hetero) is 1. The van der Waals surface area contributed by atoms with Gasteiger partial charge in [0.25, 0.3) is 0 Å². The second-order valence-corrected chi connectivity index (χ2v) is 9.21. The van der Waals surface area contributed by atoms with Gasteiger partial charge in [-0.3, -0.25) is 9.59 Å². The summed E-state index contributed by atoms with van der Waals surface area (Å²) in [6, 6.07) is -0.563. The number of hydrogen-bond acceptors (Lipinski definition) is 6. The molecule has 0 bridgehead atoms. The van der Waals surface area contributed by atoms with Gasteiger partial charge >= 0.3 is 0 Å². The third-order valence-corrected chi connectivity index (χ3v) is 6.62. The Morgan fingerprint density at radius 2 is 1.93 bits per heavy atom. The quantitative estimate of drug-likeness (QED) is 0.257. The summed E-state index contributed by atoms with van der Waals surface area (Å²) in [6.07, 6.45) is 9.12. The number of unbranched alkanes of at least 4 members (excludes halogenated alkanes) is 3. The van der Waals surface area contributed by atoms with Crippen molar-refractivity contribution in [3.8, 4) is 0 Å². The van der Waals surface area contributed by atoms with Crippen LogP contribution in [0.25, 0.3) is 0 Å². The Morgan fingerprint density at radius 1 is 1.23 bits per heavy atom. The van der Waals surface area contributed by atoms with Gasteiger partial charge in [0, 0.05) is 12.5 Å². The summed E-state index contributed by atoms with van der Waals surface area (Å²) in [6.45, 7) is 6.40. The van der Waals surface area contributed by atoms with Crippen molar-refractivity contribution in [2.45, 2.75) is 102 Å². The van der Waals surface area contributed by atoms with Crippen molar-refractivity contribution in [3.63, 3.8) is 0 Å². The number of allylic oxidation sites excluding steroid dienone is 3. The smallest absolute Gasteiger partial charge is 0.244 e. The fourth-order valence-corrected chi connectivity index (χ4v) is 4.93. The second-order valence-electron chi connectivity index (χ2n) is 9.21. The maximum absolute atomic E-state index is 12.4. The van der Waals surface area contributed by atoms with E-state index in [0.29, 0.717) is 12.3 Å². The van der Waals surface area contributed by atoms with Crippen LogP contribution in [-0.4, -0.2) is 59.1 Å². The Morgan fingerprint density at radius 3 is 2.60 bits per heavy atom. The predicted molar refractivity (Wildman–Crippen MR) is 110 cm³/mol. The normalized spacial score (nSPS) is 40.4. The lowest BCUT2D eigenvalue weighted by Gasteiger charge is -2.26. The number of amides is 1. The molecule has 3 saturated heterocycles. The molecule has 0 radical (unpaired) electrons. The molecule has 4 aliphatic rings. The molecule has 7 nitrogen and oxygen atoms in total. The third kappa shape index (κ3) is 4.26. The third-order valence-electron chi connectivity index (χ3n) is 6.62. The number of carbonyl (C=O) groups excluding carboxylic acids is 2. The van der Waals surface area contributed by atoms with Gasteiger partial charge in [-0.05, 0) is 19.3 Å². The van der Waals surface area contributed by atoms with Gasteiger partial charge < -0.3 is 24.6 Å². The molecule has 166 valence electrons. The first-order valence-electron chi connectivity index (χ1n) is 11.2. The molecule has 3 unspecified atom stereocenters. The Hall–Kier alpha value is -1.54. The first kappa shape index (κ1) is 21.7. The van der Waals surface area contributed by atoms with E-state index in [1.165, 1.54) is 31.8 Å². The number of rotatable bonds is 9. The Kier molecular flexibility index (Phi) is 6.17. The summed E-state index contributed by atoms with van der Waals surface area (Å²) in [7, 11) is 0. The molecule has 0 aromatic carbocycles. The maximum Gasteiger partial charge on any atom is 0.244 e. The van der Waals surface area contributed by atoms with Gasteiger partial charge in [0.15, 0.2) is 12.1 Å². The summed E-state index contributed by atoms with van der Waals surface area (Å²) < 4.78 is 16.8. The van der Waals surface area contributed by atoms with Crippen molar-refractivity contribution in [3.05, 3.63) is 23.8 Å². The van der Waals surface area contributed by atoms with Crippen LogP contribution >= 0.6 is 0 Å². The molecule has 7 heteroatoms. The van der Waals surface area contributed by atoms with Crippen LogP contribution in [0.5, 0.6) is 0 Å². The summed E-state index contributed by atoms with van der Waals surface area (Å²) in [5.74, 6) is 0.161. The highest BCUT2D eigenvalue weighted by Gasteiger charge is 2.79. The Bertz CT molecular complexity index is 726. The Balaban J connectivity index is 1.26. The molecule has 2 N–H and O–H groups in total. The van der Waals surface area contributed by atoms with Gasteiger partial charge in [-0.1, -0.05) is 57.3 Å². The monoisotopic (exact) mass is 419 g/mol. The van der Waals surface area contributed by atoms with Gasteiger partial charge in [-0.25, -0.2) is 0 Å². The average Bonchev–Trinajstić information content (AvgIpc) is 3.60. The zero-order valence-corrected chi connectivity index (χ0v) is 18.0. The highest BCUT2D eigenvalue weighted by atomic mass is 16.7. The van der Waals surface area contributed by atoms with Crippen molar-refractivity contribution < 1.29 is 28.9 Å². The van der Waals surface area contributed by atoms with Gasteiger partial charge in [0.1, 0.15) is 30.0 Å². The molecule has 1 amide bonds. The SMILES string of the molecule is CCCCCC[C@H](C)/C=C(C)/C=C/C(=O)NC1CC2(OC1O)[C@@H]1O[C@@H]1C(=O)[C@@H]1O[C@@H]12. The van der Waals surface area contributed by atoms with Crippen LogP contribution in [0.1, 0.15) is 59.3 Å². The van der Waals surface area contributed by atoms with E-state index in [9.17, 15) is 14.7 Å². The van der Waals surface area contributed by atoms with Crippen LogP contribution in [0.3, 0.4) is 0 Å². The zero-order valence-electron chi connectivity index (χ0n) is 18.0. The van der Waals surface area contributed by atoms with Crippen LogP contribution in [0.4, 0.5) is 0 Å². The number of carbonyl (C=O) groups is 2. The van der Waals surface area contributed by atoms with E-state index < -0.39 is 30.1 Å². The minimum absolute atomic E-state index is 0.0361. The molecule has 1 spiro atoms. The number of ether oxygens (including phenoxy) is 3. The lowest BCUT2D eigenvalue weighted by atomic mass is 9.81. The fraction of sp³-hybridized carbons (Fsp3) is 0.739. The van der Waals surface area contributed by atoms with E-state index in [1.807, 2.05) is 6.92 Å². The molecule has 8 atom stereocenters. The van der Waals surface area contributed by atoms with Crippen LogP contribution < -0.4 is 5.32 Å². The molecule has 3 heterocycles. The van der Waals surface area contributed by atoms with Crippen molar-refractivity contribution in [1.82, 2.24) is 5.32 Å². The maximum atomic E-state index is 12.4. The standard InChI is InChI=1S/C23H33NO6/c1-4-5-6-7-8-13(2)11-14(3)9-10-16(25)24-15-12-23(30-22(15)27)20-18(28-20)17(26)19-21(23)29-19/h9-11,13,15,18-22,27H,4-8,12H2,1-3H3,(H,24,25)/b10-9+,14-11+/t13-,15?,18-,19+,20-,21+,22?,23?/m0/s1. The summed E-state index contributed by atoms with van der Waals surface area (Å²) >= 11 is 0. The highest BCUT2D eigenvalue weighted by molar-refractivity contribution is 5.94. The first-order valence-corrected chi connectivity index (χ1v) is 11.2. The minimum Gasteiger partial charge on any atom is -0.366 e. The van der Waals surface area contributed by atoms with Gasteiger partial charge in [0.2, 0.25) is 5.91 Å². The number of nitrogens with one attached hydrogen (secondary N) is 1.